The molecule has 0 fully saturated rings. The maximum absolute atomic E-state index is 12.6. The molecule has 1 aromatic heterocycles. The molecule has 1 aliphatic heterocycles. The quantitative estimate of drug-likeness (QED) is 0.819. The molecule has 0 aliphatic carbocycles. The van der Waals surface area contributed by atoms with Crippen LogP contribution in [0.5, 0.6) is 0 Å². The van der Waals surface area contributed by atoms with Crippen molar-refractivity contribution in [1.29, 1.82) is 0 Å². The summed E-state index contributed by atoms with van der Waals surface area (Å²) in [6.07, 6.45) is 0.878. The molecule has 19 heavy (non-hydrogen) atoms. The predicted molar refractivity (Wildman–Crippen MR) is 81.4 cm³/mol. The molecule has 0 bridgehead atoms. The van der Waals surface area contributed by atoms with E-state index in [1.165, 1.54) is 5.56 Å². The van der Waals surface area contributed by atoms with Gasteiger partial charge in [-0.1, -0.05) is 15.9 Å². The van der Waals surface area contributed by atoms with Crippen LogP contribution in [-0.2, 0) is 13.0 Å². The summed E-state index contributed by atoms with van der Waals surface area (Å²) in [4.78, 5) is 12.6. The summed E-state index contributed by atoms with van der Waals surface area (Å²) in [6, 6.07) is 9.48. The van der Waals surface area contributed by atoms with E-state index in [2.05, 4.69) is 37.2 Å². The zero-order valence-corrected chi connectivity index (χ0v) is 13.3. The molecule has 1 aliphatic rings. The first kappa shape index (κ1) is 13.1. The van der Waals surface area contributed by atoms with Gasteiger partial charge in [-0.15, -0.1) is 0 Å². The van der Waals surface area contributed by atoms with Crippen LogP contribution in [0.15, 0.2) is 39.4 Å². The lowest BCUT2D eigenvalue weighted by molar-refractivity contribution is 0.0954. The molecule has 5 heteroatoms. The predicted octanol–water partition coefficient (Wildman–Crippen LogP) is 3.35. The van der Waals surface area contributed by atoms with E-state index in [1.54, 1.807) is 4.57 Å². The molecular formula is C14H12Br2N2O. The highest BCUT2D eigenvalue weighted by Gasteiger charge is 2.21. The lowest BCUT2D eigenvalue weighted by Gasteiger charge is -2.16. The van der Waals surface area contributed by atoms with E-state index in [4.69, 9.17) is 0 Å². The number of rotatable bonds is 1. The van der Waals surface area contributed by atoms with Gasteiger partial charge in [0.2, 0.25) is 0 Å². The molecule has 0 saturated carbocycles. The molecule has 2 heterocycles. The van der Waals surface area contributed by atoms with Crippen molar-refractivity contribution in [3.63, 3.8) is 0 Å². The lowest BCUT2D eigenvalue weighted by Crippen LogP contribution is -2.26. The van der Waals surface area contributed by atoms with Gasteiger partial charge in [-0.2, -0.15) is 0 Å². The summed E-state index contributed by atoms with van der Waals surface area (Å²) in [5, 5.41) is 3.32. The van der Waals surface area contributed by atoms with Crippen molar-refractivity contribution in [2.45, 2.75) is 13.0 Å². The van der Waals surface area contributed by atoms with E-state index in [0.29, 0.717) is 5.56 Å². The van der Waals surface area contributed by atoms with Gasteiger partial charge in [-0.3, -0.25) is 9.36 Å². The Kier molecular flexibility index (Phi) is 3.60. The molecule has 0 radical (unpaired) electrons. The van der Waals surface area contributed by atoms with Crippen LogP contribution in [0.2, 0.25) is 0 Å². The number of carbonyl (C=O) groups excluding carboxylic acids is 1. The second-order valence-corrected chi connectivity index (χ2v) is 6.24. The first-order chi connectivity index (χ1) is 9.16. The van der Waals surface area contributed by atoms with E-state index in [1.807, 2.05) is 30.3 Å². The Bertz CT molecular complexity index is 632. The lowest BCUT2D eigenvalue weighted by atomic mass is 10.1. The first-order valence-corrected chi connectivity index (χ1v) is 7.65. The van der Waals surface area contributed by atoms with E-state index >= 15 is 0 Å². The molecule has 98 valence electrons. The number of hydrogen-bond donors (Lipinski definition) is 1. The van der Waals surface area contributed by atoms with Gasteiger partial charge in [0.1, 0.15) is 0 Å². The fourth-order valence-electron chi connectivity index (χ4n) is 2.36. The van der Waals surface area contributed by atoms with Gasteiger partial charge in [0.05, 0.1) is 4.60 Å². The van der Waals surface area contributed by atoms with Crippen molar-refractivity contribution in [2.75, 3.05) is 6.54 Å². The molecular weight excluding hydrogens is 372 g/mol. The fraction of sp³-hybridized carbons (Fsp3) is 0.214. The Morgan fingerprint density at radius 3 is 2.68 bits per heavy atom. The molecule has 0 atom stereocenters. The summed E-state index contributed by atoms with van der Waals surface area (Å²) in [7, 11) is 0. The maximum atomic E-state index is 12.6. The Hall–Kier alpha value is -0.910. The van der Waals surface area contributed by atoms with Crippen LogP contribution in [0.1, 0.15) is 21.6 Å². The Labute approximate surface area is 128 Å². The number of benzene rings is 1. The number of fused-ring (bicyclic) bond motifs is 1. The zero-order valence-electron chi connectivity index (χ0n) is 10.1. The minimum Gasteiger partial charge on any atom is -0.312 e. The summed E-state index contributed by atoms with van der Waals surface area (Å²) in [6.45, 7) is 1.74. The summed E-state index contributed by atoms with van der Waals surface area (Å²) >= 11 is 6.88. The van der Waals surface area contributed by atoms with Gasteiger partial charge < -0.3 is 5.32 Å². The highest BCUT2D eigenvalue weighted by molar-refractivity contribution is 9.10. The molecule has 0 spiro atoms. The van der Waals surface area contributed by atoms with Crippen molar-refractivity contribution in [1.82, 2.24) is 9.88 Å². The largest absolute Gasteiger partial charge is 0.312 e. The molecule has 0 saturated heterocycles. The third-order valence-corrected chi connectivity index (χ3v) is 4.41. The molecule has 0 amide bonds. The zero-order chi connectivity index (χ0) is 13.4. The first-order valence-electron chi connectivity index (χ1n) is 6.07. The van der Waals surface area contributed by atoms with Gasteiger partial charge in [-0.05, 0) is 51.8 Å². The molecule has 1 aromatic carbocycles. The van der Waals surface area contributed by atoms with Crippen molar-refractivity contribution in [3.05, 3.63) is 56.2 Å². The van der Waals surface area contributed by atoms with E-state index < -0.39 is 0 Å². The van der Waals surface area contributed by atoms with Gasteiger partial charge in [0.15, 0.2) is 0 Å². The minimum absolute atomic E-state index is 0.0162. The van der Waals surface area contributed by atoms with Gasteiger partial charge >= 0.3 is 0 Å². The topological polar surface area (TPSA) is 34.0 Å². The van der Waals surface area contributed by atoms with Gasteiger partial charge in [-0.25, -0.2) is 0 Å². The second-order valence-electron chi connectivity index (χ2n) is 4.51. The van der Waals surface area contributed by atoms with E-state index in [0.717, 1.165) is 34.3 Å². The third kappa shape index (κ3) is 2.42. The van der Waals surface area contributed by atoms with Crippen molar-refractivity contribution < 1.29 is 4.79 Å². The standard InChI is InChI=1S/C14H12Br2N2O/c15-11-3-1-9(2-4-11)14(19)18-12-5-6-17-8-10(12)7-13(18)16/h1-4,7,17H,5-6,8H2. The summed E-state index contributed by atoms with van der Waals surface area (Å²) < 4.78 is 3.58. The van der Waals surface area contributed by atoms with Crippen LogP contribution >= 0.6 is 31.9 Å². The van der Waals surface area contributed by atoms with Crippen LogP contribution < -0.4 is 5.32 Å². The van der Waals surface area contributed by atoms with E-state index in [-0.39, 0.29) is 5.91 Å². The Morgan fingerprint density at radius 1 is 1.21 bits per heavy atom. The smallest absolute Gasteiger partial charge is 0.263 e. The van der Waals surface area contributed by atoms with Gasteiger partial charge in [0.25, 0.3) is 5.91 Å². The van der Waals surface area contributed by atoms with Crippen LogP contribution in [0, 0.1) is 0 Å². The number of aromatic nitrogens is 1. The van der Waals surface area contributed by atoms with Crippen LogP contribution in [-0.4, -0.2) is 17.0 Å². The summed E-state index contributed by atoms with van der Waals surface area (Å²) in [5.41, 5.74) is 3.00. The summed E-state index contributed by atoms with van der Waals surface area (Å²) in [5.74, 6) is 0.0162. The second kappa shape index (κ2) is 5.23. The van der Waals surface area contributed by atoms with Gasteiger partial charge in [0, 0.05) is 35.2 Å². The van der Waals surface area contributed by atoms with Crippen LogP contribution in [0.4, 0.5) is 0 Å². The molecule has 3 nitrogen and oxygen atoms in total. The average Bonchev–Trinajstić information content (AvgIpc) is 2.74. The minimum atomic E-state index is 0.0162. The SMILES string of the molecule is O=C(c1ccc(Br)cc1)n1c(Br)cc2c1CCNC2. The highest BCUT2D eigenvalue weighted by atomic mass is 79.9. The molecule has 2 aromatic rings. The Morgan fingerprint density at radius 2 is 1.95 bits per heavy atom. The third-order valence-electron chi connectivity index (χ3n) is 3.30. The fourth-order valence-corrected chi connectivity index (χ4v) is 3.28. The molecule has 0 unspecified atom stereocenters. The molecule has 3 rings (SSSR count). The highest BCUT2D eigenvalue weighted by Crippen LogP contribution is 2.25. The maximum Gasteiger partial charge on any atom is 0.263 e. The number of nitrogens with zero attached hydrogens (tertiary/aromatic N) is 1. The van der Waals surface area contributed by atoms with Crippen molar-refractivity contribution in [2.24, 2.45) is 0 Å². The van der Waals surface area contributed by atoms with E-state index in [9.17, 15) is 4.79 Å². The number of halogens is 2. The van der Waals surface area contributed by atoms with Crippen LogP contribution in [0.25, 0.3) is 0 Å². The normalized spacial score (nSPS) is 14.2. The monoisotopic (exact) mass is 382 g/mol. The van der Waals surface area contributed by atoms with Crippen LogP contribution in [0.3, 0.4) is 0 Å². The number of carbonyl (C=O) groups is 1. The number of hydrogen-bond acceptors (Lipinski definition) is 2. The average molecular weight is 384 g/mol. The van der Waals surface area contributed by atoms with Crippen molar-refractivity contribution in [3.8, 4) is 0 Å². The number of nitrogens with one attached hydrogen (secondary N) is 1. The Balaban J connectivity index is 2.04. The molecule has 1 N–H and O–H groups in total. The van der Waals surface area contributed by atoms with Crippen molar-refractivity contribution >= 4 is 37.8 Å².